The molecule has 0 atom stereocenters. The summed E-state index contributed by atoms with van der Waals surface area (Å²) in [4.78, 5) is 8.22. The Morgan fingerprint density at radius 1 is 1.18 bits per heavy atom. The average Bonchev–Trinajstić information content (AvgIpc) is 2.73. The van der Waals surface area contributed by atoms with Gasteiger partial charge in [0.25, 0.3) is 0 Å². The van der Waals surface area contributed by atoms with Gasteiger partial charge in [0.1, 0.15) is 5.82 Å². The van der Waals surface area contributed by atoms with E-state index >= 15 is 0 Å². The first-order valence-corrected chi connectivity index (χ1v) is 5.71. The second-order valence-electron chi connectivity index (χ2n) is 3.28. The van der Waals surface area contributed by atoms with Crippen LogP contribution < -0.4 is 5.73 Å². The van der Waals surface area contributed by atoms with Crippen LogP contribution in [0.3, 0.4) is 0 Å². The van der Waals surface area contributed by atoms with Gasteiger partial charge < -0.3 is 5.73 Å². The fraction of sp³-hybridized carbons (Fsp3) is 0. The van der Waals surface area contributed by atoms with Crippen molar-refractivity contribution >= 4 is 23.2 Å². The molecule has 0 aromatic carbocycles. The molecule has 0 aliphatic rings. The van der Waals surface area contributed by atoms with Crippen LogP contribution in [0.15, 0.2) is 47.0 Å². The SMILES string of the molecule is Nc1ccnc(Sc2nnc3ccccn23)n1. The molecule has 0 fully saturated rings. The first kappa shape index (κ1) is 10.0. The Kier molecular flexibility index (Phi) is 2.37. The van der Waals surface area contributed by atoms with Gasteiger partial charge in [0.2, 0.25) is 5.16 Å². The number of hydrogen-bond donors (Lipinski definition) is 1. The molecule has 0 saturated heterocycles. The van der Waals surface area contributed by atoms with Crippen molar-refractivity contribution in [2.75, 3.05) is 5.73 Å². The summed E-state index contributed by atoms with van der Waals surface area (Å²) in [6, 6.07) is 7.36. The van der Waals surface area contributed by atoms with E-state index in [1.807, 2.05) is 28.8 Å². The van der Waals surface area contributed by atoms with Gasteiger partial charge in [-0.05, 0) is 30.0 Å². The second kappa shape index (κ2) is 4.02. The Bertz CT molecular complexity index is 664. The van der Waals surface area contributed by atoms with Crippen molar-refractivity contribution in [1.29, 1.82) is 0 Å². The van der Waals surface area contributed by atoms with Gasteiger partial charge in [-0.2, -0.15) is 0 Å². The van der Waals surface area contributed by atoms with Crippen LogP contribution in [0.4, 0.5) is 5.82 Å². The Labute approximate surface area is 101 Å². The third-order valence-corrected chi connectivity index (χ3v) is 2.96. The lowest BCUT2D eigenvalue weighted by atomic mass is 10.5. The van der Waals surface area contributed by atoms with Crippen LogP contribution in [0.25, 0.3) is 5.65 Å². The molecule has 2 N–H and O–H groups in total. The third-order valence-electron chi connectivity index (χ3n) is 2.12. The van der Waals surface area contributed by atoms with E-state index in [1.54, 1.807) is 12.3 Å². The van der Waals surface area contributed by atoms with Gasteiger partial charge >= 0.3 is 0 Å². The molecular formula is C10H8N6S. The van der Waals surface area contributed by atoms with E-state index in [-0.39, 0.29) is 0 Å². The third kappa shape index (κ3) is 1.92. The molecule has 3 heterocycles. The molecule has 3 rings (SSSR count). The normalized spacial score (nSPS) is 10.8. The molecule has 0 spiro atoms. The lowest BCUT2D eigenvalue weighted by Gasteiger charge is -1.98. The molecule has 0 radical (unpaired) electrons. The number of rotatable bonds is 2. The number of fused-ring (bicyclic) bond motifs is 1. The van der Waals surface area contributed by atoms with E-state index in [0.29, 0.717) is 16.1 Å². The van der Waals surface area contributed by atoms with Crippen LogP contribution >= 0.6 is 11.8 Å². The summed E-state index contributed by atoms with van der Waals surface area (Å²) < 4.78 is 1.87. The van der Waals surface area contributed by atoms with E-state index in [4.69, 9.17) is 5.73 Å². The van der Waals surface area contributed by atoms with Crippen molar-refractivity contribution in [2.24, 2.45) is 0 Å². The van der Waals surface area contributed by atoms with E-state index in [1.165, 1.54) is 11.8 Å². The van der Waals surface area contributed by atoms with Crippen LogP contribution in [0.5, 0.6) is 0 Å². The highest BCUT2D eigenvalue weighted by Gasteiger charge is 2.08. The highest BCUT2D eigenvalue weighted by molar-refractivity contribution is 7.99. The zero-order chi connectivity index (χ0) is 11.7. The quantitative estimate of drug-likeness (QED) is 0.683. The van der Waals surface area contributed by atoms with Crippen LogP contribution in [0, 0.1) is 0 Å². The topological polar surface area (TPSA) is 82.0 Å². The summed E-state index contributed by atoms with van der Waals surface area (Å²) in [6.07, 6.45) is 3.51. The van der Waals surface area contributed by atoms with Gasteiger partial charge in [-0.3, -0.25) is 4.40 Å². The van der Waals surface area contributed by atoms with Crippen molar-refractivity contribution in [3.8, 4) is 0 Å². The fourth-order valence-corrected chi connectivity index (χ4v) is 2.14. The predicted molar refractivity (Wildman–Crippen MR) is 63.6 cm³/mol. The Morgan fingerprint density at radius 2 is 2.12 bits per heavy atom. The molecule has 0 aliphatic heterocycles. The standard InChI is InChI=1S/C10H8N6S/c11-7-4-5-12-9(13-7)17-10-15-14-8-3-1-2-6-16(8)10/h1-6H,(H2,11,12,13). The maximum absolute atomic E-state index is 5.59. The fourth-order valence-electron chi connectivity index (χ4n) is 1.37. The van der Waals surface area contributed by atoms with Gasteiger partial charge in [0.15, 0.2) is 10.8 Å². The van der Waals surface area contributed by atoms with E-state index < -0.39 is 0 Å². The monoisotopic (exact) mass is 244 g/mol. The summed E-state index contributed by atoms with van der Waals surface area (Å²) in [5, 5.41) is 9.39. The van der Waals surface area contributed by atoms with Crippen molar-refractivity contribution < 1.29 is 0 Å². The van der Waals surface area contributed by atoms with Crippen LogP contribution in [-0.4, -0.2) is 24.6 Å². The number of nitrogens with zero attached hydrogens (tertiary/aromatic N) is 5. The largest absolute Gasteiger partial charge is 0.384 e. The first-order chi connectivity index (χ1) is 8.33. The zero-order valence-corrected chi connectivity index (χ0v) is 9.50. The molecular weight excluding hydrogens is 236 g/mol. The summed E-state index contributed by atoms with van der Waals surface area (Å²) in [5.41, 5.74) is 6.38. The number of aromatic nitrogens is 5. The van der Waals surface area contributed by atoms with Crippen LogP contribution in [0.2, 0.25) is 0 Å². The van der Waals surface area contributed by atoms with Gasteiger partial charge in [0.05, 0.1) is 0 Å². The van der Waals surface area contributed by atoms with Crippen molar-refractivity contribution in [1.82, 2.24) is 24.6 Å². The average molecular weight is 244 g/mol. The number of nitrogens with two attached hydrogens (primary N) is 1. The van der Waals surface area contributed by atoms with E-state index in [9.17, 15) is 0 Å². The van der Waals surface area contributed by atoms with Crippen molar-refractivity contribution in [3.05, 3.63) is 36.7 Å². The number of nitrogen functional groups attached to an aromatic ring is 1. The summed E-state index contributed by atoms with van der Waals surface area (Å²) in [7, 11) is 0. The molecule has 0 amide bonds. The lowest BCUT2D eigenvalue weighted by molar-refractivity contribution is 0.901. The molecule has 7 heteroatoms. The molecule has 17 heavy (non-hydrogen) atoms. The summed E-state index contributed by atoms with van der Waals surface area (Å²) in [6.45, 7) is 0. The first-order valence-electron chi connectivity index (χ1n) is 4.89. The predicted octanol–water partition coefficient (Wildman–Crippen LogP) is 1.25. The highest BCUT2D eigenvalue weighted by Crippen LogP contribution is 2.23. The van der Waals surface area contributed by atoms with Gasteiger partial charge in [0, 0.05) is 12.4 Å². The number of pyridine rings is 1. The zero-order valence-electron chi connectivity index (χ0n) is 8.69. The van der Waals surface area contributed by atoms with Gasteiger partial charge in [-0.25, -0.2) is 9.97 Å². The van der Waals surface area contributed by atoms with E-state index in [2.05, 4.69) is 20.2 Å². The summed E-state index contributed by atoms with van der Waals surface area (Å²) >= 11 is 1.33. The molecule has 0 saturated carbocycles. The molecule has 0 aliphatic carbocycles. The molecule has 3 aromatic rings. The minimum atomic E-state index is 0.441. The second-order valence-corrected chi connectivity index (χ2v) is 4.21. The smallest absolute Gasteiger partial charge is 0.203 e. The van der Waals surface area contributed by atoms with Gasteiger partial charge in [-0.1, -0.05) is 6.07 Å². The van der Waals surface area contributed by atoms with E-state index in [0.717, 1.165) is 5.65 Å². The Morgan fingerprint density at radius 3 is 3.00 bits per heavy atom. The molecule has 3 aromatic heterocycles. The minimum absolute atomic E-state index is 0.441. The summed E-state index contributed by atoms with van der Waals surface area (Å²) in [5.74, 6) is 0.441. The Hall–Kier alpha value is -2.15. The maximum atomic E-state index is 5.59. The molecule has 0 unspecified atom stereocenters. The molecule has 0 bridgehead atoms. The minimum Gasteiger partial charge on any atom is -0.384 e. The van der Waals surface area contributed by atoms with Crippen molar-refractivity contribution in [3.63, 3.8) is 0 Å². The maximum Gasteiger partial charge on any atom is 0.203 e. The van der Waals surface area contributed by atoms with Crippen LogP contribution in [0.1, 0.15) is 0 Å². The number of hydrogen-bond acceptors (Lipinski definition) is 6. The Balaban J connectivity index is 2.00. The molecule has 6 nitrogen and oxygen atoms in total. The lowest BCUT2D eigenvalue weighted by Crippen LogP contribution is -1.94. The van der Waals surface area contributed by atoms with Crippen LogP contribution in [-0.2, 0) is 0 Å². The molecule has 84 valence electrons. The van der Waals surface area contributed by atoms with Crippen molar-refractivity contribution in [2.45, 2.75) is 10.3 Å². The van der Waals surface area contributed by atoms with Gasteiger partial charge in [-0.15, -0.1) is 10.2 Å². The number of anilines is 1. The highest BCUT2D eigenvalue weighted by atomic mass is 32.2.